The molecule has 0 radical (unpaired) electrons. The fourth-order valence-electron chi connectivity index (χ4n) is 3.96. The molecule has 0 bridgehead atoms. The SMILES string of the molecule is NS(=O)(=O)c1ccc(C(=O)N2C[C@@H](CN3CCCCC3)[C@@H](CO)C2)cc1. The molecule has 8 heteroatoms. The molecule has 2 heterocycles. The first-order valence-electron chi connectivity index (χ1n) is 9.14. The molecule has 0 spiro atoms. The van der Waals surface area contributed by atoms with Crippen molar-refractivity contribution in [3.8, 4) is 0 Å². The van der Waals surface area contributed by atoms with Crippen LogP contribution in [0.25, 0.3) is 0 Å². The zero-order valence-corrected chi connectivity index (χ0v) is 15.7. The van der Waals surface area contributed by atoms with Crippen molar-refractivity contribution in [3.05, 3.63) is 29.8 Å². The highest BCUT2D eigenvalue weighted by molar-refractivity contribution is 7.89. The zero-order valence-electron chi connectivity index (χ0n) is 14.9. The number of nitrogens with zero attached hydrogens (tertiary/aromatic N) is 2. The fraction of sp³-hybridized carbons (Fsp3) is 0.611. The molecule has 26 heavy (non-hydrogen) atoms. The third-order valence-corrected chi connectivity index (χ3v) is 6.40. The molecule has 2 aliphatic heterocycles. The minimum Gasteiger partial charge on any atom is -0.396 e. The van der Waals surface area contributed by atoms with Crippen molar-refractivity contribution in [1.29, 1.82) is 0 Å². The van der Waals surface area contributed by atoms with Gasteiger partial charge in [0.15, 0.2) is 0 Å². The molecule has 0 aromatic heterocycles. The predicted molar refractivity (Wildman–Crippen MR) is 98.1 cm³/mol. The molecule has 1 amide bonds. The topological polar surface area (TPSA) is 104 Å². The molecule has 3 rings (SSSR count). The maximum atomic E-state index is 12.8. The monoisotopic (exact) mass is 381 g/mol. The van der Waals surface area contributed by atoms with Gasteiger partial charge in [-0.1, -0.05) is 6.42 Å². The number of hydrogen-bond acceptors (Lipinski definition) is 5. The first-order valence-corrected chi connectivity index (χ1v) is 10.7. The van der Waals surface area contributed by atoms with E-state index in [0.717, 1.165) is 19.6 Å². The maximum Gasteiger partial charge on any atom is 0.253 e. The second-order valence-corrected chi connectivity index (χ2v) is 8.90. The van der Waals surface area contributed by atoms with Crippen LogP contribution in [0.4, 0.5) is 0 Å². The van der Waals surface area contributed by atoms with Crippen molar-refractivity contribution in [2.75, 3.05) is 39.3 Å². The minimum atomic E-state index is -3.77. The van der Waals surface area contributed by atoms with Crippen LogP contribution in [-0.4, -0.2) is 68.6 Å². The Bertz CT molecular complexity index is 729. The van der Waals surface area contributed by atoms with E-state index in [1.807, 2.05) is 0 Å². The van der Waals surface area contributed by atoms with E-state index in [1.54, 1.807) is 4.90 Å². The Kier molecular flexibility index (Phi) is 5.96. The molecular formula is C18H27N3O4S. The third-order valence-electron chi connectivity index (χ3n) is 5.47. The number of likely N-dealkylation sites (tertiary alicyclic amines) is 2. The van der Waals surface area contributed by atoms with Gasteiger partial charge in [-0.25, -0.2) is 13.6 Å². The molecular weight excluding hydrogens is 354 g/mol. The van der Waals surface area contributed by atoms with Gasteiger partial charge in [-0.15, -0.1) is 0 Å². The molecule has 3 N–H and O–H groups in total. The van der Waals surface area contributed by atoms with Crippen molar-refractivity contribution in [2.45, 2.75) is 24.2 Å². The highest BCUT2D eigenvalue weighted by Crippen LogP contribution is 2.27. The summed E-state index contributed by atoms with van der Waals surface area (Å²) in [7, 11) is -3.77. The molecule has 2 saturated heterocycles. The summed E-state index contributed by atoms with van der Waals surface area (Å²) in [5.74, 6) is 0.223. The standard InChI is InChI=1S/C18H27N3O4S/c19-26(24,25)17-6-4-14(5-7-17)18(23)21-11-15(16(12-21)13-22)10-20-8-2-1-3-9-20/h4-7,15-16,22H,1-3,8-13H2,(H2,19,24,25)/t15-,16-/m1/s1. The summed E-state index contributed by atoms with van der Waals surface area (Å²) in [5.41, 5.74) is 0.438. The Morgan fingerprint density at radius 2 is 1.69 bits per heavy atom. The summed E-state index contributed by atoms with van der Waals surface area (Å²) in [6.07, 6.45) is 3.72. The van der Waals surface area contributed by atoms with E-state index in [4.69, 9.17) is 5.14 Å². The van der Waals surface area contributed by atoms with Gasteiger partial charge in [0.05, 0.1) is 4.90 Å². The number of primary sulfonamides is 1. The first kappa shape index (κ1) is 19.3. The molecule has 0 aliphatic carbocycles. The van der Waals surface area contributed by atoms with Gasteiger partial charge >= 0.3 is 0 Å². The van der Waals surface area contributed by atoms with Crippen LogP contribution in [-0.2, 0) is 10.0 Å². The van der Waals surface area contributed by atoms with Crippen LogP contribution in [0.5, 0.6) is 0 Å². The van der Waals surface area contributed by atoms with Crippen molar-refractivity contribution in [3.63, 3.8) is 0 Å². The summed E-state index contributed by atoms with van der Waals surface area (Å²) >= 11 is 0. The maximum absolute atomic E-state index is 12.8. The van der Waals surface area contributed by atoms with E-state index >= 15 is 0 Å². The summed E-state index contributed by atoms with van der Waals surface area (Å²) in [4.78, 5) is 17.0. The molecule has 2 atom stereocenters. The molecule has 144 valence electrons. The van der Waals surface area contributed by atoms with Gasteiger partial charge in [-0.05, 0) is 56.1 Å². The number of hydrogen-bond donors (Lipinski definition) is 2. The Labute approximate surface area is 154 Å². The summed E-state index contributed by atoms with van der Waals surface area (Å²) in [6.45, 7) is 4.34. The lowest BCUT2D eigenvalue weighted by molar-refractivity contribution is 0.0778. The van der Waals surface area contributed by atoms with Crippen LogP contribution in [0.1, 0.15) is 29.6 Å². The van der Waals surface area contributed by atoms with Gasteiger partial charge < -0.3 is 14.9 Å². The Hall–Kier alpha value is -1.48. The number of carbonyl (C=O) groups excluding carboxylic acids is 1. The lowest BCUT2D eigenvalue weighted by Gasteiger charge is -2.30. The van der Waals surface area contributed by atoms with Gasteiger partial charge in [-0.2, -0.15) is 0 Å². The van der Waals surface area contributed by atoms with Crippen molar-refractivity contribution in [1.82, 2.24) is 9.80 Å². The fourth-order valence-corrected chi connectivity index (χ4v) is 4.48. The van der Waals surface area contributed by atoms with Crippen molar-refractivity contribution >= 4 is 15.9 Å². The molecule has 0 saturated carbocycles. The first-order chi connectivity index (χ1) is 12.4. The molecule has 7 nitrogen and oxygen atoms in total. The number of piperidine rings is 1. The lowest BCUT2D eigenvalue weighted by Crippen LogP contribution is -2.37. The normalized spacial score (nSPS) is 24.8. The number of amides is 1. The molecule has 2 aliphatic rings. The number of aliphatic hydroxyl groups excluding tert-OH is 1. The molecule has 1 aromatic rings. The number of benzene rings is 1. The highest BCUT2D eigenvalue weighted by atomic mass is 32.2. The number of nitrogens with two attached hydrogens (primary N) is 1. The van der Waals surface area contributed by atoms with E-state index in [2.05, 4.69) is 4.90 Å². The van der Waals surface area contributed by atoms with E-state index in [-0.39, 0.29) is 29.2 Å². The predicted octanol–water partition coefficient (Wildman–Crippen LogP) is 0.500. The van der Waals surface area contributed by atoms with Crippen molar-refractivity contribution in [2.24, 2.45) is 17.0 Å². The van der Waals surface area contributed by atoms with Crippen molar-refractivity contribution < 1.29 is 18.3 Å². The van der Waals surface area contributed by atoms with Gasteiger partial charge in [0.2, 0.25) is 10.0 Å². The van der Waals surface area contributed by atoms with Gasteiger partial charge in [-0.3, -0.25) is 4.79 Å². The Morgan fingerprint density at radius 3 is 2.27 bits per heavy atom. The largest absolute Gasteiger partial charge is 0.396 e. The molecule has 2 fully saturated rings. The highest BCUT2D eigenvalue weighted by Gasteiger charge is 2.36. The van der Waals surface area contributed by atoms with E-state index in [1.165, 1.54) is 43.5 Å². The minimum absolute atomic E-state index is 0.00770. The summed E-state index contributed by atoms with van der Waals surface area (Å²) < 4.78 is 22.7. The Morgan fingerprint density at radius 1 is 1.08 bits per heavy atom. The van der Waals surface area contributed by atoms with Crippen LogP contribution < -0.4 is 5.14 Å². The second kappa shape index (κ2) is 8.04. The third kappa shape index (κ3) is 4.43. The zero-order chi connectivity index (χ0) is 18.7. The lowest BCUT2D eigenvalue weighted by atomic mass is 9.95. The Balaban J connectivity index is 1.66. The van der Waals surface area contributed by atoms with Crippen LogP contribution in [0, 0.1) is 11.8 Å². The smallest absolute Gasteiger partial charge is 0.253 e. The number of aliphatic hydroxyl groups is 1. The van der Waals surface area contributed by atoms with Crippen LogP contribution in [0.3, 0.4) is 0 Å². The van der Waals surface area contributed by atoms with Crippen LogP contribution >= 0.6 is 0 Å². The summed E-state index contributed by atoms with van der Waals surface area (Å²) in [6, 6.07) is 5.70. The number of carbonyl (C=O) groups is 1. The quantitative estimate of drug-likeness (QED) is 0.773. The van der Waals surface area contributed by atoms with Crippen LogP contribution in [0.2, 0.25) is 0 Å². The van der Waals surface area contributed by atoms with Gasteiger partial charge in [0.25, 0.3) is 5.91 Å². The number of sulfonamides is 1. The van der Waals surface area contributed by atoms with E-state index in [9.17, 15) is 18.3 Å². The second-order valence-electron chi connectivity index (χ2n) is 7.34. The molecule has 0 unspecified atom stereocenters. The van der Waals surface area contributed by atoms with Gasteiger partial charge in [0, 0.05) is 37.7 Å². The number of rotatable bonds is 5. The van der Waals surface area contributed by atoms with E-state index in [0.29, 0.717) is 18.7 Å². The average molecular weight is 381 g/mol. The van der Waals surface area contributed by atoms with Crippen LogP contribution in [0.15, 0.2) is 29.2 Å². The average Bonchev–Trinajstić information content (AvgIpc) is 3.04. The summed E-state index contributed by atoms with van der Waals surface area (Å²) in [5, 5.41) is 14.8. The van der Waals surface area contributed by atoms with Gasteiger partial charge in [0.1, 0.15) is 0 Å². The molecule has 1 aromatic carbocycles. The van der Waals surface area contributed by atoms with E-state index < -0.39 is 10.0 Å².